The highest BCUT2D eigenvalue weighted by atomic mass is 16.6. The Morgan fingerprint density at radius 2 is 1.88 bits per heavy atom. The van der Waals surface area contributed by atoms with Crippen molar-refractivity contribution in [3.05, 3.63) is 0 Å². The number of carbonyl (C=O) groups excluding carboxylic acids is 2. The largest absolute Gasteiger partial charge is 0.444 e. The molecule has 2 amide bonds. The summed E-state index contributed by atoms with van der Waals surface area (Å²) in [6.07, 6.45) is 6.94. The summed E-state index contributed by atoms with van der Waals surface area (Å²) in [7, 11) is 0. The number of ether oxygens (including phenoxy) is 1. The lowest BCUT2D eigenvalue weighted by Crippen LogP contribution is -2.47. The van der Waals surface area contributed by atoms with Crippen LogP contribution in [0.1, 0.15) is 72.1 Å². The molecule has 6 nitrogen and oxygen atoms in total. The molecule has 0 aromatic rings. The molecule has 1 N–H and O–H groups in total. The van der Waals surface area contributed by atoms with Gasteiger partial charge in [-0.1, -0.05) is 19.3 Å². The standard InChI is InChI=1S/C19H31N3O3/c1-19(2,3)25-18(24)21-16(14-8-5-4-6-9-14)12-17(23)22-11-7-10-15(22)13-20/h14-16H,4-12H2,1-3H3,(H,21,24)/t15-,16?/m0/s1. The molecular weight excluding hydrogens is 318 g/mol. The van der Waals surface area contributed by atoms with Crippen LogP contribution in [-0.2, 0) is 9.53 Å². The Labute approximate surface area is 150 Å². The predicted molar refractivity (Wildman–Crippen MR) is 94.7 cm³/mol. The highest BCUT2D eigenvalue weighted by Crippen LogP contribution is 2.29. The van der Waals surface area contributed by atoms with Crippen LogP contribution < -0.4 is 5.32 Å². The minimum atomic E-state index is -0.563. The first-order valence-corrected chi connectivity index (χ1v) is 9.49. The molecule has 25 heavy (non-hydrogen) atoms. The molecule has 1 saturated heterocycles. The third-order valence-corrected chi connectivity index (χ3v) is 5.04. The van der Waals surface area contributed by atoms with E-state index in [1.165, 1.54) is 6.42 Å². The summed E-state index contributed by atoms with van der Waals surface area (Å²) in [4.78, 5) is 26.6. The van der Waals surface area contributed by atoms with Gasteiger partial charge < -0.3 is 15.0 Å². The lowest BCUT2D eigenvalue weighted by molar-refractivity contribution is -0.132. The van der Waals surface area contributed by atoms with E-state index >= 15 is 0 Å². The van der Waals surface area contributed by atoms with Crippen LogP contribution in [0.25, 0.3) is 0 Å². The fraction of sp³-hybridized carbons (Fsp3) is 0.842. The van der Waals surface area contributed by atoms with Crippen molar-refractivity contribution in [1.29, 1.82) is 5.26 Å². The zero-order valence-corrected chi connectivity index (χ0v) is 15.7. The van der Waals surface area contributed by atoms with Crippen molar-refractivity contribution in [2.24, 2.45) is 5.92 Å². The second kappa shape index (κ2) is 8.55. The van der Waals surface area contributed by atoms with Crippen LogP contribution in [0.15, 0.2) is 0 Å². The monoisotopic (exact) mass is 349 g/mol. The van der Waals surface area contributed by atoms with Crippen molar-refractivity contribution in [3.63, 3.8) is 0 Å². The maximum absolute atomic E-state index is 12.7. The molecule has 2 rings (SSSR count). The molecule has 0 radical (unpaired) electrons. The SMILES string of the molecule is CC(C)(C)OC(=O)NC(CC(=O)N1CCC[C@H]1C#N)C1CCCCC1. The van der Waals surface area contributed by atoms with Gasteiger partial charge in [-0.25, -0.2) is 4.79 Å². The summed E-state index contributed by atoms with van der Waals surface area (Å²) in [6.45, 7) is 6.13. The van der Waals surface area contributed by atoms with Crippen LogP contribution in [0.5, 0.6) is 0 Å². The van der Waals surface area contributed by atoms with E-state index < -0.39 is 11.7 Å². The number of nitriles is 1. The predicted octanol–water partition coefficient (Wildman–Crippen LogP) is 3.36. The summed E-state index contributed by atoms with van der Waals surface area (Å²) in [6, 6.07) is 1.67. The summed E-state index contributed by atoms with van der Waals surface area (Å²) < 4.78 is 5.38. The number of amides is 2. The normalized spacial score (nSPS) is 23.0. The second-order valence-electron chi connectivity index (χ2n) is 8.23. The minimum Gasteiger partial charge on any atom is -0.444 e. The Morgan fingerprint density at radius 3 is 2.48 bits per heavy atom. The summed E-state index contributed by atoms with van der Waals surface area (Å²) in [5.74, 6) is 0.268. The van der Waals surface area contributed by atoms with E-state index in [9.17, 15) is 14.9 Å². The minimum absolute atomic E-state index is 0.0318. The zero-order valence-electron chi connectivity index (χ0n) is 15.7. The molecule has 6 heteroatoms. The molecule has 1 saturated carbocycles. The van der Waals surface area contributed by atoms with E-state index in [1.807, 2.05) is 20.8 Å². The van der Waals surface area contributed by atoms with Gasteiger partial charge in [-0.05, 0) is 52.4 Å². The number of rotatable bonds is 4. The maximum Gasteiger partial charge on any atom is 0.407 e. The van der Waals surface area contributed by atoms with Crippen molar-refractivity contribution >= 4 is 12.0 Å². The van der Waals surface area contributed by atoms with Gasteiger partial charge >= 0.3 is 6.09 Å². The maximum atomic E-state index is 12.7. The zero-order chi connectivity index (χ0) is 18.4. The van der Waals surface area contributed by atoms with Gasteiger partial charge in [-0.15, -0.1) is 0 Å². The Kier molecular flexibility index (Phi) is 6.69. The van der Waals surface area contributed by atoms with Crippen LogP contribution in [0.4, 0.5) is 4.79 Å². The molecule has 0 bridgehead atoms. The van der Waals surface area contributed by atoms with E-state index in [0.717, 1.165) is 38.5 Å². The molecule has 2 fully saturated rings. The van der Waals surface area contributed by atoms with Crippen molar-refractivity contribution in [2.45, 2.75) is 89.8 Å². The quantitative estimate of drug-likeness (QED) is 0.843. The van der Waals surface area contributed by atoms with Gasteiger partial charge in [0.25, 0.3) is 0 Å². The molecule has 2 atom stereocenters. The first kappa shape index (κ1) is 19.6. The van der Waals surface area contributed by atoms with Gasteiger partial charge in [0, 0.05) is 19.0 Å². The molecule has 1 aliphatic heterocycles. The van der Waals surface area contributed by atoms with Crippen LogP contribution in [0.3, 0.4) is 0 Å². The third-order valence-electron chi connectivity index (χ3n) is 5.04. The fourth-order valence-corrected chi connectivity index (χ4v) is 3.84. The molecule has 1 heterocycles. The second-order valence-corrected chi connectivity index (χ2v) is 8.23. The average molecular weight is 349 g/mol. The van der Waals surface area contributed by atoms with Gasteiger partial charge in [0.1, 0.15) is 11.6 Å². The van der Waals surface area contributed by atoms with Gasteiger partial charge in [0.15, 0.2) is 0 Å². The lowest BCUT2D eigenvalue weighted by atomic mass is 9.82. The number of nitrogens with one attached hydrogen (secondary N) is 1. The van der Waals surface area contributed by atoms with E-state index in [4.69, 9.17) is 4.74 Å². The first-order valence-electron chi connectivity index (χ1n) is 9.49. The van der Waals surface area contributed by atoms with E-state index in [1.54, 1.807) is 4.90 Å². The Hall–Kier alpha value is -1.77. The van der Waals surface area contributed by atoms with Crippen molar-refractivity contribution < 1.29 is 14.3 Å². The molecule has 0 aromatic carbocycles. The number of hydrogen-bond acceptors (Lipinski definition) is 4. The molecular formula is C19H31N3O3. The topological polar surface area (TPSA) is 82.4 Å². The summed E-state index contributed by atoms with van der Waals surface area (Å²) in [5.41, 5.74) is -0.563. The van der Waals surface area contributed by atoms with Crippen molar-refractivity contribution in [3.8, 4) is 6.07 Å². The number of hydrogen-bond donors (Lipinski definition) is 1. The fourth-order valence-electron chi connectivity index (χ4n) is 3.84. The Morgan fingerprint density at radius 1 is 1.20 bits per heavy atom. The van der Waals surface area contributed by atoms with E-state index in [-0.39, 0.29) is 24.4 Å². The number of alkyl carbamates (subject to hydrolysis) is 1. The number of carbonyl (C=O) groups is 2. The molecule has 2 aliphatic rings. The highest BCUT2D eigenvalue weighted by molar-refractivity contribution is 5.79. The summed E-state index contributed by atoms with van der Waals surface area (Å²) in [5, 5.41) is 12.1. The van der Waals surface area contributed by atoms with Gasteiger partial charge in [-0.2, -0.15) is 5.26 Å². The molecule has 140 valence electrons. The molecule has 1 unspecified atom stereocenters. The van der Waals surface area contributed by atoms with Gasteiger partial charge in [0.2, 0.25) is 5.91 Å². The van der Waals surface area contributed by atoms with Crippen LogP contribution in [-0.4, -0.2) is 41.1 Å². The van der Waals surface area contributed by atoms with E-state index in [0.29, 0.717) is 12.5 Å². The van der Waals surface area contributed by atoms with Crippen LogP contribution >= 0.6 is 0 Å². The van der Waals surface area contributed by atoms with Crippen LogP contribution in [0, 0.1) is 17.2 Å². The highest BCUT2D eigenvalue weighted by Gasteiger charge is 2.34. The third kappa shape index (κ3) is 5.91. The molecule has 0 spiro atoms. The summed E-state index contributed by atoms with van der Waals surface area (Å²) >= 11 is 0. The first-order chi connectivity index (χ1) is 11.8. The Balaban J connectivity index is 2.02. The van der Waals surface area contributed by atoms with Crippen molar-refractivity contribution in [1.82, 2.24) is 10.2 Å². The smallest absolute Gasteiger partial charge is 0.407 e. The molecule has 1 aliphatic carbocycles. The Bertz CT molecular complexity index is 515. The lowest BCUT2D eigenvalue weighted by Gasteiger charge is -2.32. The molecule has 0 aromatic heterocycles. The number of nitrogens with zero attached hydrogens (tertiary/aromatic N) is 2. The number of likely N-dealkylation sites (tertiary alicyclic amines) is 1. The van der Waals surface area contributed by atoms with E-state index in [2.05, 4.69) is 11.4 Å². The van der Waals surface area contributed by atoms with Gasteiger partial charge in [0.05, 0.1) is 6.07 Å². The van der Waals surface area contributed by atoms with Crippen molar-refractivity contribution in [2.75, 3.05) is 6.54 Å². The van der Waals surface area contributed by atoms with Crippen LogP contribution in [0.2, 0.25) is 0 Å². The average Bonchev–Trinajstić information content (AvgIpc) is 3.02. The van der Waals surface area contributed by atoms with Gasteiger partial charge in [-0.3, -0.25) is 4.79 Å².